The molecule has 0 spiro atoms. The molecular weight excluding hydrogens is 142 g/mol. The van der Waals surface area contributed by atoms with Gasteiger partial charge in [-0.3, -0.25) is 9.48 Å². The summed E-state index contributed by atoms with van der Waals surface area (Å²) < 4.78 is 1.67. The lowest BCUT2D eigenvalue weighted by Gasteiger charge is -2.00. The van der Waals surface area contributed by atoms with Gasteiger partial charge in [0.2, 0.25) is 0 Å². The minimum atomic E-state index is -0.0619. The van der Waals surface area contributed by atoms with E-state index in [1.807, 2.05) is 20.2 Å². The molecule has 1 atom stereocenters. The molecule has 2 rings (SSSR count). The molecule has 0 saturated carbocycles. The largest absolute Gasteiger partial charge is 0.344 e. The number of carbonyl (C=O) groups is 1. The van der Waals surface area contributed by atoms with Crippen LogP contribution in [0.15, 0.2) is 6.20 Å². The van der Waals surface area contributed by atoms with Gasteiger partial charge in [0.15, 0.2) is 5.69 Å². The lowest BCUT2D eigenvalue weighted by molar-refractivity contribution is 0.0952. The summed E-state index contributed by atoms with van der Waals surface area (Å²) in [5.41, 5.74) is 1.57. The van der Waals surface area contributed by atoms with Crippen LogP contribution < -0.4 is 5.32 Å². The molecule has 1 aromatic heterocycles. The maximum absolute atomic E-state index is 11.1. The summed E-state index contributed by atoms with van der Waals surface area (Å²) in [7, 11) is 1.82. The van der Waals surface area contributed by atoms with E-state index < -0.39 is 0 Å². The van der Waals surface area contributed by atoms with Gasteiger partial charge in [0.1, 0.15) is 0 Å². The number of nitrogens with zero attached hydrogens (tertiary/aromatic N) is 2. The number of amides is 1. The highest BCUT2D eigenvalue weighted by molar-refractivity contribution is 5.97. The van der Waals surface area contributed by atoms with Crippen molar-refractivity contribution in [1.82, 2.24) is 15.1 Å². The molecule has 1 N–H and O–H groups in total. The van der Waals surface area contributed by atoms with Crippen molar-refractivity contribution < 1.29 is 4.79 Å². The quantitative estimate of drug-likeness (QED) is 0.576. The predicted molar refractivity (Wildman–Crippen MR) is 39.1 cm³/mol. The Morgan fingerprint density at radius 1 is 1.73 bits per heavy atom. The van der Waals surface area contributed by atoms with Crippen molar-refractivity contribution in [3.05, 3.63) is 17.5 Å². The van der Waals surface area contributed by atoms with Crippen molar-refractivity contribution in [3.8, 4) is 0 Å². The van der Waals surface area contributed by atoms with E-state index >= 15 is 0 Å². The zero-order valence-corrected chi connectivity index (χ0v) is 6.46. The molecule has 4 nitrogen and oxygen atoms in total. The number of fused-ring (bicyclic) bond motifs is 1. The third-order valence-electron chi connectivity index (χ3n) is 1.89. The lowest BCUT2D eigenvalue weighted by atomic mass is 10.2. The Balaban J connectivity index is 2.58. The Morgan fingerprint density at radius 3 is 3.09 bits per heavy atom. The van der Waals surface area contributed by atoms with Crippen LogP contribution in [0, 0.1) is 0 Å². The highest BCUT2D eigenvalue weighted by atomic mass is 16.2. The molecule has 58 valence electrons. The molecule has 0 aromatic carbocycles. The highest BCUT2D eigenvalue weighted by Crippen LogP contribution is 2.22. The third kappa shape index (κ3) is 0.753. The van der Waals surface area contributed by atoms with Gasteiger partial charge in [-0.25, -0.2) is 0 Å². The number of hydrogen-bond acceptors (Lipinski definition) is 2. The van der Waals surface area contributed by atoms with E-state index in [1.54, 1.807) is 4.68 Å². The molecule has 1 amide bonds. The number of aryl methyl sites for hydroxylation is 1. The van der Waals surface area contributed by atoms with Gasteiger partial charge in [-0.2, -0.15) is 5.10 Å². The number of nitrogens with one attached hydrogen (secondary N) is 1. The van der Waals surface area contributed by atoms with Gasteiger partial charge >= 0.3 is 0 Å². The summed E-state index contributed by atoms with van der Waals surface area (Å²) in [5.74, 6) is -0.0619. The van der Waals surface area contributed by atoms with E-state index in [0.717, 1.165) is 5.56 Å². The monoisotopic (exact) mass is 151 g/mol. The molecule has 0 aliphatic carbocycles. The molecule has 2 heterocycles. The molecule has 0 bridgehead atoms. The van der Waals surface area contributed by atoms with Crippen LogP contribution in [-0.2, 0) is 7.05 Å². The van der Waals surface area contributed by atoms with Crippen LogP contribution >= 0.6 is 0 Å². The molecule has 1 aliphatic heterocycles. The fourth-order valence-electron chi connectivity index (χ4n) is 1.34. The smallest absolute Gasteiger partial charge is 0.272 e. The van der Waals surface area contributed by atoms with Gasteiger partial charge in [0, 0.05) is 18.8 Å². The van der Waals surface area contributed by atoms with Crippen molar-refractivity contribution in [3.63, 3.8) is 0 Å². The third-order valence-corrected chi connectivity index (χ3v) is 1.89. The topological polar surface area (TPSA) is 46.9 Å². The summed E-state index contributed by atoms with van der Waals surface area (Å²) in [6.45, 7) is 1.95. The Labute approximate surface area is 64.2 Å². The fourth-order valence-corrected chi connectivity index (χ4v) is 1.34. The fraction of sp³-hybridized carbons (Fsp3) is 0.429. The normalized spacial score (nSPS) is 21.6. The van der Waals surface area contributed by atoms with E-state index in [1.165, 1.54) is 0 Å². The van der Waals surface area contributed by atoms with Crippen molar-refractivity contribution in [1.29, 1.82) is 0 Å². The van der Waals surface area contributed by atoms with Crippen LogP contribution in [0.2, 0.25) is 0 Å². The number of carbonyl (C=O) groups excluding carboxylic acids is 1. The van der Waals surface area contributed by atoms with Gasteiger partial charge in [-0.1, -0.05) is 0 Å². The molecule has 4 heteroatoms. The average Bonchev–Trinajstić information content (AvgIpc) is 2.38. The Kier molecular flexibility index (Phi) is 1.07. The van der Waals surface area contributed by atoms with Crippen LogP contribution in [-0.4, -0.2) is 15.7 Å². The van der Waals surface area contributed by atoms with Crippen molar-refractivity contribution in [2.24, 2.45) is 7.05 Å². The second-order valence-electron chi connectivity index (χ2n) is 2.80. The van der Waals surface area contributed by atoms with Crippen LogP contribution in [0.1, 0.15) is 29.0 Å². The van der Waals surface area contributed by atoms with Crippen LogP contribution in [0.4, 0.5) is 0 Å². The van der Waals surface area contributed by atoms with Crippen LogP contribution in [0.3, 0.4) is 0 Å². The van der Waals surface area contributed by atoms with Crippen molar-refractivity contribution in [2.75, 3.05) is 0 Å². The first-order valence-corrected chi connectivity index (χ1v) is 3.53. The van der Waals surface area contributed by atoms with Gasteiger partial charge in [-0.05, 0) is 6.92 Å². The van der Waals surface area contributed by atoms with E-state index in [9.17, 15) is 4.79 Å². The molecular formula is C7H9N3O. The first kappa shape index (κ1) is 6.39. The number of aromatic nitrogens is 2. The van der Waals surface area contributed by atoms with Gasteiger partial charge in [-0.15, -0.1) is 0 Å². The second kappa shape index (κ2) is 1.84. The number of hydrogen-bond donors (Lipinski definition) is 1. The van der Waals surface area contributed by atoms with Gasteiger partial charge in [0.25, 0.3) is 5.91 Å². The molecule has 1 unspecified atom stereocenters. The summed E-state index contributed by atoms with van der Waals surface area (Å²) in [4.78, 5) is 11.1. The maximum atomic E-state index is 11.1. The number of rotatable bonds is 0. The van der Waals surface area contributed by atoms with Gasteiger partial charge < -0.3 is 5.32 Å². The molecule has 1 aromatic rings. The molecule has 11 heavy (non-hydrogen) atoms. The Bertz CT molecular complexity index is 315. The van der Waals surface area contributed by atoms with Crippen LogP contribution in [0.5, 0.6) is 0 Å². The predicted octanol–water partition coefficient (Wildman–Crippen LogP) is 0.224. The molecule has 0 fully saturated rings. The summed E-state index contributed by atoms with van der Waals surface area (Å²) in [6, 6.07) is 0.117. The van der Waals surface area contributed by atoms with Gasteiger partial charge in [0.05, 0.1) is 6.04 Å². The van der Waals surface area contributed by atoms with E-state index in [-0.39, 0.29) is 11.9 Å². The zero-order chi connectivity index (χ0) is 8.01. The summed E-state index contributed by atoms with van der Waals surface area (Å²) >= 11 is 0. The Morgan fingerprint density at radius 2 is 2.45 bits per heavy atom. The van der Waals surface area contributed by atoms with Crippen LogP contribution in [0.25, 0.3) is 0 Å². The second-order valence-corrected chi connectivity index (χ2v) is 2.80. The van der Waals surface area contributed by atoms with Crippen molar-refractivity contribution in [2.45, 2.75) is 13.0 Å². The average molecular weight is 151 g/mol. The first-order chi connectivity index (χ1) is 5.18. The summed E-state index contributed by atoms with van der Waals surface area (Å²) in [6.07, 6.45) is 1.87. The van der Waals surface area contributed by atoms with E-state index in [2.05, 4.69) is 10.4 Å². The highest BCUT2D eigenvalue weighted by Gasteiger charge is 2.28. The van der Waals surface area contributed by atoms with E-state index in [4.69, 9.17) is 0 Å². The Hall–Kier alpha value is -1.32. The maximum Gasteiger partial charge on any atom is 0.272 e. The molecule has 1 aliphatic rings. The standard InChI is InChI=1S/C7H9N3O/c1-4-5-3-10(2)9-6(5)7(11)8-4/h3-4H,1-2H3,(H,8,11). The summed E-state index contributed by atoms with van der Waals surface area (Å²) in [5, 5.41) is 6.80. The zero-order valence-electron chi connectivity index (χ0n) is 6.46. The molecule has 0 saturated heterocycles. The van der Waals surface area contributed by atoms with E-state index in [0.29, 0.717) is 5.69 Å². The minimum absolute atomic E-state index is 0.0619. The lowest BCUT2D eigenvalue weighted by Crippen LogP contribution is -2.18. The first-order valence-electron chi connectivity index (χ1n) is 3.53. The molecule has 0 radical (unpaired) electrons. The minimum Gasteiger partial charge on any atom is -0.344 e. The SMILES string of the molecule is CC1NC(=O)c2nn(C)cc21. The van der Waals surface area contributed by atoms with Crippen molar-refractivity contribution >= 4 is 5.91 Å².